The molecule has 25 heavy (non-hydrogen) atoms. The predicted octanol–water partition coefficient (Wildman–Crippen LogP) is 2.70. The lowest BCUT2D eigenvalue weighted by Gasteiger charge is -2.62. The lowest BCUT2D eigenvalue weighted by atomic mass is 9.46. The third kappa shape index (κ3) is 2.00. The summed E-state index contributed by atoms with van der Waals surface area (Å²) in [6.07, 6.45) is -0.755. The molecule has 1 saturated carbocycles. The van der Waals surface area contributed by atoms with Crippen LogP contribution in [0.25, 0.3) is 0 Å². The van der Waals surface area contributed by atoms with Gasteiger partial charge in [-0.3, -0.25) is 0 Å². The molecule has 5 nitrogen and oxygen atoms in total. The smallest absolute Gasteiger partial charge is 0.162 e. The molecule has 0 aromatic heterocycles. The van der Waals surface area contributed by atoms with Gasteiger partial charge in [-0.15, -0.1) is 0 Å². The molecule has 0 amide bonds. The number of ether oxygens (including phenoxy) is 1. The molecule has 2 fully saturated rings. The van der Waals surface area contributed by atoms with Gasteiger partial charge in [-0.1, -0.05) is 27.7 Å². The summed E-state index contributed by atoms with van der Waals surface area (Å²) in [5, 5.41) is 42.6. The lowest BCUT2D eigenvalue weighted by molar-refractivity contribution is -0.203. The molecule has 5 heteroatoms. The maximum Gasteiger partial charge on any atom is 0.162 e. The highest BCUT2D eigenvalue weighted by atomic mass is 16.5. The summed E-state index contributed by atoms with van der Waals surface area (Å²) < 4.78 is 6.08. The fraction of sp³-hybridized carbons (Fsp3) is 0.700. The van der Waals surface area contributed by atoms with Crippen molar-refractivity contribution in [2.75, 3.05) is 6.61 Å². The van der Waals surface area contributed by atoms with Crippen molar-refractivity contribution in [1.29, 1.82) is 0 Å². The molecular weight excluding hydrogens is 320 g/mol. The Kier molecular flexibility index (Phi) is 3.51. The molecule has 4 aliphatic rings. The molecule has 2 bridgehead atoms. The summed E-state index contributed by atoms with van der Waals surface area (Å²) in [6, 6.07) is 1.96. The standard InChI is InChI=1S/C20H28O5/c1-9(2)10-5-11-13-6-14-19(3,4)18(24)12(21)7-20(14,8-25-13)15(11)17(23)16(10)22/h5,9,12-14,18,21-24H,6-8H2,1-4H3/t12-,13?,14+,18+,20-/m1/s1. The van der Waals surface area contributed by atoms with E-state index in [1.165, 1.54) is 0 Å². The zero-order valence-electron chi connectivity index (χ0n) is 15.3. The van der Waals surface area contributed by atoms with Crippen molar-refractivity contribution in [2.24, 2.45) is 11.3 Å². The largest absolute Gasteiger partial charge is 0.504 e. The first kappa shape index (κ1) is 17.1. The van der Waals surface area contributed by atoms with Crippen LogP contribution in [0.4, 0.5) is 0 Å². The molecule has 2 aliphatic carbocycles. The van der Waals surface area contributed by atoms with Crippen molar-refractivity contribution >= 4 is 0 Å². The van der Waals surface area contributed by atoms with Crippen LogP contribution in [0.15, 0.2) is 6.07 Å². The number of fused-ring (bicyclic) bond motifs is 1. The van der Waals surface area contributed by atoms with Gasteiger partial charge in [0.1, 0.15) is 0 Å². The number of aromatic hydroxyl groups is 2. The highest BCUT2D eigenvalue weighted by Gasteiger charge is 2.64. The van der Waals surface area contributed by atoms with Crippen LogP contribution in [0.3, 0.4) is 0 Å². The van der Waals surface area contributed by atoms with E-state index in [9.17, 15) is 20.4 Å². The van der Waals surface area contributed by atoms with Crippen LogP contribution >= 0.6 is 0 Å². The molecule has 138 valence electrons. The average Bonchev–Trinajstić information content (AvgIpc) is 2.55. The van der Waals surface area contributed by atoms with Crippen LogP contribution in [0.2, 0.25) is 0 Å². The fourth-order valence-corrected chi connectivity index (χ4v) is 5.74. The fourth-order valence-electron chi connectivity index (χ4n) is 5.74. The summed E-state index contributed by atoms with van der Waals surface area (Å²) in [7, 11) is 0. The molecule has 5 rings (SSSR count). The second-order valence-electron chi connectivity index (χ2n) is 9.06. The maximum absolute atomic E-state index is 10.9. The van der Waals surface area contributed by atoms with E-state index in [0.29, 0.717) is 13.0 Å². The third-order valence-electron chi connectivity index (χ3n) is 7.06. The highest BCUT2D eigenvalue weighted by Crippen LogP contribution is 2.65. The number of rotatable bonds is 1. The summed E-state index contributed by atoms with van der Waals surface area (Å²) in [4.78, 5) is 0. The summed E-state index contributed by atoms with van der Waals surface area (Å²) in [5.41, 5.74) is 1.29. The molecular formula is C20H28O5. The number of phenols is 2. The van der Waals surface area contributed by atoms with E-state index in [-0.39, 0.29) is 29.4 Å². The first-order valence-electron chi connectivity index (χ1n) is 9.18. The third-order valence-corrected chi connectivity index (χ3v) is 7.06. The van der Waals surface area contributed by atoms with E-state index in [1.807, 2.05) is 33.8 Å². The number of benzene rings is 1. The monoisotopic (exact) mass is 348 g/mol. The Bertz CT molecular complexity index is 725. The SMILES string of the molecule is CC(C)c1cc2c(c(O)c1O)[C@]13COC2C[C@H]1C(C)(C)[C@@H](O)[C@H](O)C3. The van der Waals surface area contributed by atoms with Gasteiger partial charge < -0.3 is 25.2 Å². The Morgan fingerprint density at radius 1 is 1.16 bits per heavy atom. The Morgan fingerprint density at radius 3 is 2.48 bits per heavy atom. The number of hydrogen-bond donors (Lipinski definition) is 4. The highest BCUT2D eigenvalue weighted by molar-refractivity contribution is 5.61. The van der Waals surface area contributed by atoms with Gasteiger partial charge >= 0.3 is 0 Å². The number of aliphatic hydroxyl groups is 2. The van der Waals surface area contributed by atoms with Gasteiger partial charge in [0.25, 0.3) is 0 Å². The molecule has 2 heterocycles. The van der Waals surface area contributed by atoms with Gasteiger partial charge in [0.15, 0.2) is 11.5 Å². The van der Waals surface area contributed by atoms with E-state index in [0.717, 1.165) is 23.1 Å². The van der Waals surface area contributed by atoms with Crippen molar-refractivity contribution in [2.45, 2.75) is 70.2 Å². The molecule has 5 atom stereocenters. The lowest BCUT2D eigenvalue weighted by Crippen LogP contribution is -2.64. The maximum atomic E-state index is 10.9. The van der Waals surface area contributed by atoms with Gasteiger partial charge in [-0.05, 0) is 41.7 Å². The van der Waals surface area contributed by atoms with Gasteiger partial charge in [-0.25, -0.2) is 0 Å². The minimum absolute atomic E-state index is 0.0622. The van der Waals surface area contributed by atoms with E-state index in [2.05, 4.69) is 0 Å². The van der Waals surface area contributed by atoms with Crippen LogP contribution in [-0.2, 0) is 10.2 Å². The Labute approximate surface area is 148 Å². The van der Waals surface area contributed by atoms with Gasteiger partial charge in [0, 0.05) is 16.5 Å². The van der Waals surface area contributed by atoms with Crippen molar-refractivity contribution in [3.05, 3.63) is 22.8 Å². The quantitative estimate of drug-likeness (QED) is 0.586. The molecule has 1 saturated heterocycles. The average molecular weight is 348 g/mol. The van der Waals surface area contributed by atoms with Crippen molar-refractivity contribution < 1.29 is 25.2 Å². The first-order chi connectivity index (χ1) is 11.6. The number of phenolic OH excluding ortho intramolecular Hbond substituents is 2. The van der Waals surface area contributed by atoms with Crippen LogP contribution < -0.4 is 0 Å². The van der Waals surface area contributed by atoms with E-state index in [4.69, 9.17) is 4.74 Å². The van der Waals surface area contributed by atoms with Crippen LogP contribution in [0.5, 0.6) is 11.5 Å². The molecule has 1 aromatic rings. The minimum atomic E-state index is -0.885. The van der Waals surface area contributed by atoms with Crippen molar-refractivity contribution in [1.82, 2.24) is 0 Å². The van der Waals surface area contributed by atoms with E-state index in [1.54, 1.807) is 0 Å². The minimum Gasteiger partial charge on any atom is -0.504 e. The first-order valence-corrected chi connectivity index (χ1v) is 9.18. The topological polar surface area (TPSA) is 90.2 Å². The van der Waals surface area contributed by atoms with Crippen LogP contribution in [0.1, 0.15) is 69.2 Å². The van der Waals surface area contributed by atoms with Gasteiger partial charge in [-0.2, -0.15) is 0 Å². The molecule has 1 spiro atoms. The zero-order valence-corrected chi connectivity index (χ0v) is 15.3. The second kappa shape index (κ2) is 5.12. The molecule has 0 radical (unpaired) electrons. The summed E-state index contributed by atoms with van der Waals surface area (Å²) in [6.45, 7) is 8.32. The van der Waals surface area contributed by atoms with E-state index < -0.39 is 23.0 Å². The van der Waals surface area contributed by atoms with Crippen molar-refractivity contribution in [3.8, 4) is 11.5 Å². The summed E-state index contributed by atoms with van der Waals surface area (Å²) in [5.74, 6) is 0.0199. The number of aliphatic hydroxyl groups excluding tert-OH is 2. The van der Waals surface area contributed by atoms with Crippen LogP contribution in [0, 0.1) is 11.3 Å². The normalized spacial score (nSPS) is 38.5. The Morgan fingerprint density at radius 2 is 1.84 bits per heavy atom. The Hall–Kier alpha value is -1.30. The molecule has 1 aromatic carbocycles. The Balaban J connectivity index is 1.97. The molecule has 2 aliphatic heterocycles. The number of hydrogen-bond acceptors (Lipinski definition) is 5. The van der Waals surface area contributed by atoms with Crippen molar-refractivity contribution in [3.63, 3.8) is 0 Å². The second-order valence-corrected chi connectivity index (χ2v) is 9.06. The predicted molar refractivity (Wildman–Crippen MR) is 92.8 cm³/mol. The van der Waals surface area contributed by atoms with Crippen LogP contribution in [-0.4, -0.2) is 39.2 Å². The van der Waals surface area contributed by atoms with E-state index >= 15 is 0 Å². The molecule has 1 unspecified atom stereocenters. The zero-order chi connectivity index (χ0) is 18.3. The summed E-state index contributed by atoms with van der Waals surface area (Å²) >= 11 is 0. The van der Waals surface area contributed by atoms with Gasteiger partial charge in [0.05, 0.1) is 24.9 Å². The van der Waals surface area contributed by atoms with Gasteiger partial charge in [0.2, 0.25) is 0 Å². The molecule has 4 N–H and O–H groups in total.